The highest BCUT2D eigenvalue weighted by Crippen LogP contribution is 2.19. The first kappa shape index (κ1) is 14.1. The second-order valence-corrected chi connectivity index (χ2v) is 5.85. The van der Waals surface area contributed by atoms with E-state index in [9.17, 15) is 0 Å². The Hall–Kier alpha value is -1.88. The molecule has 112 valence electrons. The van der Waals surface area contributed by atoms with Gasteiger partial charge >= 0.3 is 0 Å². The van der Waals surface area contributed by atoms with Gasteiger partial charge in [-0.1, -0.05) is 18.6 Å². The van der Waals surface area contributed by atoms with Crippen molar-refractivity contribution < 1.29 is 0 Å². The van der Waals surface area contributed by atoms with Gasteiger partial charge in [-0.2, -0.15) is 0 Å². The minimum Gasteiger partial charge on any atom is -0.381 e. The zero-order valence-corrected chi connectivity index (χ0v) is 12.5. The number of nitrogen functional groups attached to an aromatic ring is 1. The Morgan fingerprint density at radius 3 is 2.52 bits per heavy atom. The van der Waals surface area contributed by atoms with E-state index in [1.165, 1.54) is 32.4 Å². The molecule has 0 radical (unpaired) electrons. The topological polar surface area (TPSA) is 67.1 Å². The van der Waals surface area contributed by atoms with Gasteiger partial charge in [0, 0.05) is 12.6 Å². The van der Waals surface area contributed by atoms with Crippen LogP contribution in [0, 0.1) is 0 Å². The maximum Gasteiger partial charge on any atom is 0.169 e. The first-order valence-corrected chi connectivity index (χ1v) is 7.73. The lowest BCUT2D eigenvalue weighted by Crippen LogP contribution is -2.38. The Balaban J connectivity index is 1.70. The van der Waals surface area contributed by atoms with Crippen LogP contribution in [0.25, 0.3) is 11.0 Å². The summed E-state index contributed by atoms with van der Waals surface area (Å²) < 4.78 is 0. The summed E-state index contributed by atoms with van der Waals surface area (Å²) in [6.45, 7) is 5.59. The summed E-state index contributed by atoms with van der Waals surface area (Å²) in [7, 11) is 0. The van der Waals surface area contributed by atoms with Crippen molar-refractivity contribution in [3.63, 3.8) is 0 Å². The van der Waals surface area contributed by atoms with Gasteiger partial charge in [-0.25, -0.2) is 9.97 Å². The van der Waals surface area contributed by atoms with Crippen molar-refractivity contribution in [2.45, 2.75) is 32.2 Å². The molecule has 1 aromatic carbocycles. The van der Waals surface area contributed by atoms with Crippen LogP contribution in [-0.4, -0.2) is 40.5 Å². The molecule has 5 nitrogen and oxygen atoms in total. The maximum atomic E-state index is 6.02. The average molecular weight is 285 g/mol. The maximum absolute atomic E-state index is 6.02. The van der Waals surface area contributed by atoms with E-state index in [4.69, 9.17) is 5.73 Å². The van der Waals surface area contributed by atoms with Crippen molar-refractivity contribution in [1.82, 2.24) is 14.9 Å². The summed E-state index contributed by atoms with van der Waals surface area (Å²) in [4.78, 5) is 11.5. The van der Waals surface area contributed by atoms with Gasteiger partial charge in [0.1, 0.15) is 0 Å². The van der Waals surface area contributed by atoms with Crippen LogP contribution in [0.5, 0.6) is 0 Å². The number of nitrogens with one attached hydrogen (secondary N) is 1. The van der Waals surface area contributed by atoms with Crippen molar-refractivity contribution >= 4 is 22.7 Å². The first-order chi connectivity index (χ1) is 10.2. The number of hydrogen-bond acceptors (Lipinski definition) is 5. The highest BCUT2D eigenvalue weighted by Gasteiger charge is 2.15. The molecule has 0 saturated carbocycles. The largest absolute Gasteiger partial charge is 0.381 e. The Morgan fingerprint density at radius 1 is 1.14 bits per heavy atom. The van der Waals surface area contributed by atoms with Crippen LogP contribution >= 0.6 is 0 Å². The molecule has 2 aromatic rings. The Labute approximate surface area is 125 Å². The van der Waals surface area contributed by atoms with E-state index in [0.29, 0.717) is 17.7 Å². The third kappa shape index (κ3) is 3.42. The summed E-state index contributed by atoms with van der Waals surface area (Å²) in [5.74, 6) is 1.16. The van der Waals surface area contributed by atoms with Crippen molar-refractivity contribution in [1.29, 1.82) is 0 Å². The van der Waals surface area contributed by atoms with E-state index in [-0.39, 0.29) is 0 Å². The summed E-state index contributed by atoms with van der Waals surface area (Å²) in [5, 5.41) is 3.41. The number of nitrogens with two attached hydrogens (primary N) is 1. The second-order valence-electron chi connectivity index (χ2n) is 5.85. The standard InChI is InChI=1S/C16H23N5/c1-12(11-21-9-5-2-6-10-21)18-16-15(17)19-13-7-3-4-8-14(13)20-16/h3-4,7-8,12H,2,5-6,9-11H2,1H3,(H2,17,19)(H,18,20). The van der Waals surface area contributed by atoms with E-state index in [0.717, 1.165) is 17.6 Å². The Bertz CT molecular complexity index is 607. The van der Waals surface area contributed by atoms with E-state index >= 15 is 0 Å². The number of nitrogens with zero attached hydrogens (tertiary/aromatic N) is 3. The molecule has 1 unspecified atom stereocenters. The normalized spacial score (nSPS) is 17.8. The quantitative estimate of drug-likeness (QED) is 0.903. The number of fused-ring (bicyclic) bond motifs is 1. The third-order valence-corrected chi connectivity index (χ3v) is 3.96. The van der Waals surface area contributed by atoms with Gasteiger partial charge in [-0.3, -0.25) is 0 Å². The molecule has 2 heterocycles. The van der Waals surface area contributed by atoms with E-state index in [1.54, 1.807) is 0 Å². The zero-order chi connectivity index (χ0) is 14.7. The molecule has 21 heavy (non-hydrogen) atoms. The number of rotatable bonds is 4. The summed E-state index contributed by atoms with van der Waals surface area (Å²) in [6.07, 6.45) is 3.98. The molecule has 0 amide bonds. The van der Waals surface area contributed by atoms with Gasteiger partial charge in [0.05, 0.1) is 11.0 Å². The molecule has 1 aliphatic heterocycles. The number of piperidine rings is 1. The molecular formula is C16H23N5. The molecule has 1 atom stereocenters. The molecule has 3 N–H and O–H groups in total. The molecular weight excluding hydrogens is 262 g/mol. The number of likely N-dealkylation sites (tertiary alicyclic amines) is 1. The van der Waals surface area contributed by atoms with Gasteiger partial charge in [-0.05, 0) is 45.0 Å². The molecule has 0 aliphatic carbocycles. The van der Waals surface area contributed by atoms with Crippen LogP contribution < -0.4 is 11.1 Å². The molecule has 5 heteroatoms. The van der Waals surface area contributed by atoms with Crippen molar-refractivity contribution in [3.8, 4) is 0 Å². The lowest BCUT2D eigenvalue weighted by Gasteiger charge is -2.29. The number of hydrogen-bond donors (Lipinski definition) is 2. The van der Waals surface area contributed by atoms with Crippen LogP contribution in [-0.2, 0) is 0 Å². The number of benzene rings is 1. The van der Waals surface area contributed by atoms with Crippen LogP contribution in [0.2, 0.25) is 0 Å². The average Bonchev–Trinajstić information content (AvgIpc) is 2.49. The third-order valence-electron chi connectivity index (χ3n) is 3.96. The summed E-state index contributed by atoms with van der Waals surface area (Å²) in [5.41, 5.74) is 7.73. The monoisotopic (exact) mass is 285 g/mol. The number of para-hydroxylation sites is 2. The van der Waals surface area contributed by atoms with Gasteiger partial charge in [0.2, 0.25) is 0 Å². The number of aromatic nitrogens is 2. The van der Waals surface area contributed by atoms with Gasteiger partial charge in [0.15, 0.2) is 11.6 Å². The Morgan fingerprint density at radius 2 is 1.81 bits per heavy atom. The predicted octanol–water partition coefficient (Wildman–Crippen LogP) is 2.50. The lowest BCUT2D eigenvalue weighted by molar-refractivity contribution is 0.223. The highest BCUT2D eigenvalue weighted by atomic mass is 15.2. The van der Waals surface area contributed by atoms with E-state index in [1.807, 2.05) is 24.3 Å². The van der Waals surface area contributed by atoms with Crippen LogP contribution in [0.3, 0.4) is 0 Å². The molecule has 3 rings (SSSR count). The summed E-state index contributed by atoms with van der Waals surface area (Å²) >= 11 is 0. The van der Waals surface area contributed by atoms with Crippen LogP contribution in [0.4, 0.5) is 11.6 Å². The van der Waals surface area contributed by atoms with Crippen LogP contribution in [0.15, 0.2) is 24.3 Å². The molecule has 0 spiro atoms. The molecule has 1 fully saturated rings. The smallest absolute Gasteiger partial charge is 0.169 e. The fourth-order valence-corrected chi connectivity index (χ4v) is 2.93. The van der Waals surface area contributed by atoms with Gasteiger partial charge < -0.3 is 16.0 Å². The SMILES string of the molecule is CC(CN1CCCCC1)Nc1nc2ccccc2nc1N. The van der Waals surface area contributed by atoms with E-state index < -0.39 is 0 Å². The fraction of sp³-hybridized carbons (Fsp3) is 0.500. The predicted molar refractivity (Wildman–Crippen MR) is 87.3 cm³/mol. The summed E-state index contributed by atoms with van der Waals surface area (Å²) in [6, 6.07) is 8.11. The first-order valence-electron chi connectivity index (χ1n) is 7.73. The lowest BCUT2D eigenvalue weighted by atomic mass is 10.1. The second kappa shape index (κ2) is 6.26. The van der Waals surface area contributed by atoms with Crippen molar-refractivity contribution in [3.05, 3.63) is 24.3 Å². The minimum atomic E-state index is 0.306. The number of anilines is 2. The fourth-order valence-electron chi connectivity index (χ4n) is 2.93. The zero-order valence-electron chi connectivity index (χ0n) is 12.5. The Kier molecular flexibility index (Phi) is 4.20. The minimum absolute atomic E-state index is 0.306. The molecule has 1 saturated heterocycles. The molecule has 0 bridgehead atoms. The van der Waals surface area contributed by atoms with Crippen LogP contribution in [0.1, 0.15) is 26.2 Å². The van der Waals surface area contributed by atoms with Crippen molar-refractivity contribution in [2.24, 2.45) is 0 Å². The van der Waals surface area contributed by atoms with E-state index in [2.05, 4.69) is 27.1 Å². The van der Waals surface area contributed by atoms with Crippen molar-refractivity contribution in [2.75, 3.05) is 30.7 Å². The van der Waals surface area contributed by atoms with Gasteiger partial charge in [0.25, 0.3) is 0 Å². The molecule has 1 aliphatic rings. The molecule has 1 aromatic heterocycles. The highest BCUT2D eigenvalue weighted by molar-refractivity contribution is 5.79. The van der Waals surface area contributed by atoms with Gasteiger partial charge in [-0.15, -0.1) is 0 Å².